The van der Waals surface area contributed by atoms with Crippen LogP contribution in [0.3, 0.4) is 0 Å². The highest BCUT2D eigenvalue weighted by atomic mass is 32.2. The molecule has 0 aliphatic carbocycles. The molecule has 1 N–H and O–H groups in total. The van der Waals surface area contributed by atoms with Crippen LogP contribution in [0.15, 0.2) is 62.7 Å². The Morgan fingerprint density at radius 1 is 1.14 bits per heavy atom. The van der Waals surface area contributed by atoms with Crippen LogP contribution in [0.25, 0.3) is 11.5 Å². The van der Waals surface area contributed by atoms with Gasteiger partial charge in [-0.1, -0.05) is 17.2 Å². The van der Waals surface area contributed by atoms with E-state index >= 15 is 0 Å². The van der Waals surface area contributed by atoms with Crippen molar-refractivity contribution in [1.29, 1.82) is 0 Å². The number of nitrogens with one attached hydrogen (secondary N) is 1. The van der Waals surface area contributed by atoms with Crippen LogP contribution in [0, 0.1) is 5.82 Å². The molecule has 3 rings (SSSR count). The lowest BCUT2D eigenvalue weighted by Crippen LogP contribution is -2.17. The first-order valence-electron chi connectivity index (χ1n) is 8.14. The van der Waals surface area contributed by atoms with E-state index in [-0.39, 0.29) is 23.2 Å². The van der Waals surface area contributed by atoms with Crippen molar-refractivity contribution >= 4 is 33.5 Å². The van der Waals surface area contributed by atoms with E-state index in [0.29, 0.717) is 0 Å². The minimum absolute atomic E-state index is 0.0459. The number of thioether (sulfide) groups is 1. The molecule has 0 aliphatic rings. The van der Waals surface area contributed by atoms with Crippen LogP contribution in [0.1, 0.15) is 6.42 Å². The Kier molecular flexibility index (Phi) is 6.10. The Morgan fingerprint density at radius 2 is 1.86 bits per heavy atom. The Balaban J connectivity index is 1.63. The molecule has 146 valence electrons. The van der Waals surface area contributed by atoms with Gasteiger partial charge in [0.05, 0.1) is 16.2 Å². The van der Waals surface area contributed by atoms with Crippen LogP contribution < -0.4 is 5.32 Å². The van der Waals surface area contributed by atoms with Crippen LogP contribution >= 0.6 is 11.8 Å². The molecule has 28 heavy (non-hydrogen) atoms. The maximum Gasteiger partial charge on any atom is 0.322 e. The fourth-order valence-electron chi connectivity index (χ4n) is 2.37. The number of hydrogen-bond donors (Lipinski definition) is 1. The van der Waals surface area contributed by atoms with Crippen LogP contribution in [0.2, 0.25) is 0 Å². The van der Waals surface area contributed by atoms with E-state index < -0.39 is 27.3 Å². The number of sulfone groups is 1. The first-order chi connectivity index (χ1) is 13.4. The van der Waals surface area contributed by atoms with E-state index in [1.54, 1.807) is 0 Å². The molecule has 0 aliphatic heterocycles. The van der Waals surface area contributed by atoms with Gasteiger partial charge >= 0.3 is 6.01 Å². The lowest BCUT2D eigenvalue weighted by molar-refractivity contribution is -0.115. The molecule has 10 heteroatoms. The van der Waals surface area contributed by atoms with Gasteiger partial charge in [-0.2, -0.15) is 0 Å². The van der Waals surface area contributed by atoms with E-state index in [9.17, 15) is 17.6 Å². The summed E-state index contributed by atoms with van der Waals surface area (Å²) in [5.41, 5.74) is 0.738. The minimum atomic E-state index is -3.71. The molecule has 0 saturated heterocycles. The SMILES string of the molecule is CSc1ccccc1-c1nnc(NC(=O)CCS(=O)(=O)c2ccc(F)cc2)o1. The number of benzene rings is 2. The number of rotatable bonds is 7. The zero-order valence-electron chi connectivity index (χ0n) is 14.8. The van der Waals surface area contributed by atoms with Crippen molar-refractivity contribution in [3.05, 3.63) is 54.3 Å². The molecule has 7 nitrogen and oxygen atoms in total. The molecule has 0 atom stereocenters. The van der Waals surface area contributed by atoms with E-state index in [1.165, 1.54) is 11.8 Å². The molecule has 2 aromatic carbocycles. The summed E-state index contributed by atoms with van der Waals surface area (Å²) < 4.78 is 42.8. The van der Waals surface area contributed by atoms with Crippen molar-refractivity contribution in [3.63, 3.8) is 0 Å². The van der Waals surface area contributed by atoms with Gasteiger partial charge in [0, 0.05) is 11.3 Å². The summed E-state index contributed by atoms with van der Waals surface area (Å²) in [7, 11) is -3.71. The summed E-state index contributed by atoms with van der Waals surface area (Å²) in [6.45, 7) is 0. The minimum Gasteiger partial charge on any atom is -0.403 e. The van der Waals surface area contributed by atoms with E-state index in [4.69, 9.17) is 4.42 Å². The monoisotopic (exact) mass is 421 g/mol. The topological polar surface area (TPSA) is 102 Å². The predicted octanol–water partition coefficient (Wildman–Crippen LogP) is 3.40. The number of amides is 1. The average molecular weight is 421 g/mol. The normalized spacial score (nSPS) is 11.4. The molecule has 1 aromatic heterocycles. The maximum absolute atomic E-state index is 12.9. The van der Waals surface area contributed by atoms with Gasteiger partial charge in [-0.3, -0.25) is 10.1 Å². The summed E-state index contributed by atoms with van der Waals surface area (Å²) in [5.74, 6) is -1.30. The highest BCUT2D eigenvalue weighted by molar-refractivity contribution is 7.98. The third-order valence-corrected chi connectivity index (χ3v) is 6.31. The second-order valence-corrected chi connectivity index (χ2v) is 8.64. The first-order valence-corrected chi connectivity index (χ1v) is 11.0. The third-order valence-electron chi connectivity index (χ3n) is 3.78. The molecule has 3 aromatic rings. The molecule has 1 amide bonds. The summed E-state index contributed by atoms with van der Waals surface area (Å²) in [6.07, 6.45) is 1.61. The van der Waals surface area contributed by atoms with Gasteiger partial charge in [0.15, 0.2) is 9.84 Å². The largest absolute Gasteiger partial charge is 0.403 e. The number of anilines is 1. The van der Waals surface area contributed by atoms with Crippen molar-refractivity contribution in [2.24, 2.45) is 0 Å². The van der Waals surface area contributed by atoms with Crippen molar-refractivity contribution in [1.82, 2.24) is 10.2 Å². The van der Waals surface area contributed by atoms with Gasteiger partial charge in [0.1, 0.15) is 5.82 Å². The molecular weight excluding hydrogens is 405 g/mol. The van der Waals surface area contributed by atoms with Crippen molar-refractivity contribution in [2.45, 2.75) is 16.2 Å². The van der Waals surface area contributed by atoms with Gasteiger partial charge in [-0.05, 0) is 42.7 Å². The molecule has 0 saturated carbocycles. The molecule has 1 heterocycles. The Bertz CT molecular complexity index is 1080. The molecule has 0 radical (unpaired) electrons. The number of carbonyl (C=O) groups is 1. The summed E-state index contributed by atoms with van der Waals surface area (Å²) in [5, 5.41) is 10.1. The number of aromatic nitrogens is 2. The zero-order valence-corrected chi connectivity index (χ0v) is 16.4. The van der Waals surface area contributed by atoms with Gasteiger partial charge in [-0.15, -0.1) is 16.9 Å². The Morgan fingerprint density at radius 3 is 2.57 bits per heavy atom. The van der Waals surface area contributed by atoms with Gasteiger partial charge < -0.3 is 4.42 Å². The molecule has 0 spiro atoms. The predicted molar refractivity (Wildman–Crippen MR) is 103 cm³/mol. The van der Waals surface area contributed by atoms with Crippen LogP contribution in [-0.2, 0) is 14.6 Å². The lowest BCUT2D eigenvalue weighted by atomic mass is 10.2. The van der Waals surface area contributed by atoms with Crippen LogP contribution in [0.5, 0.6) is 0 Å². The Labute approximate surface area is 165 Å². The maximum atomic E-state index is 12.9. The zero-order chi connectivity index (χ0) is 20.1. The molecule has 0 unspecified atom stereocenters. The van der Waals surface area contributed by atoms with E-state index in [0.717, 1.165) is 34.7 Å². The summed E-state index contributed by atoms with van der Waals surface area (Å²) in [6, 6.07) is 11.8. The second-order valence-electron chi connectivity index (χ2n) is 5.68. The first kappa shape index (κ1) is 20.0. The van der Waals surface area contributed by atoms with Crippen LogP contribution in [-0.4, -0.2) is 36.5 Å². The summed E-state index contributed by atoms with van der Waals surface area (Å²) in [4.78, 5) is 12.9. The smallest absolute Gasteiger partial charge is 0.322 e. The Hall–Kier alpha value is -2.72. The van der Waals surface area contributed by atoms with Gasteiger partial charge in [-0.25, -0.2) is 12.8 Å². The lowest BCUT2D eigenvalue weighted by Gasteiger charge is -2.04. The van der Waals surface area contributed by atoms with Gasteiger partial charge in [0.2, 0.25) is 5.91 Å². The fourth-order valence-corrected chi connectivity index (χ4v) is 4.20. The fraction of sp³-hybridized carbons (Fsp3) is 0.167. The number of carbonyl (C=O) groups excluding carboxylic acids is 1. The van der Waals surface area contributed by atoms with Crippen molar-refractivity contribution < 1.29 is 22.0 Å². The van der Waals surface area contributed by atoms with Gasteiger partial charge in [0.25, 0.3) is 5.89 Å². The van der Waals surface area contributed by atoms with E-state index in [2.05, 4.69) is 15.5 Å². The second kappa shape index (κ2) is 8.53. The number of nitrogens with zero attached hydrogens (tertiary/aromatic N) is 2. The van der Waals surface area contributed by atoms with Crippen molar-refractivity contribution in [2.75, 3.05) is 17.3 Å². The number of hydrogen-bond acceptors (Lipinski definition) is 7. The highest BCUT2D eigenvalue weighted by Crippen LogP contribution is 2.29. The van der Waals surface area contributed by atoms with Crippen LogP contribution in [0.4, 0.5) is 10.4 Å². The molecule has 0 fully saturated rings. The molecule has 0 bridgehead atoms. The average Bonchev–Trinajstić information content (AvgIpc) is 3.15. The third kappa shape index (κ3) is 4.76. The van der Waals surface area contributed by atoms with E-state index in [1.807, 2.05) is 30.5 Å². The quantitative estimate of drug-likeness (QED) is 0.461. The van der Waals surface area contributed by atoms with Crippen molar-refractivity contribution in [3.8, 4) is 11.5 Å². The molecular formula is C18H16FN3O4S2. The highest BCUT2D eigenvalue weighted by Gasteiger charge is 2.18. The number of halogens is 1. The standard InChI is InChI=1S/C18H16FN3O4S2/c1-27-15-5-3-2-4-14(15)17-21-22-18(26-17)20-16(23)10-11-28(24,25)13-8-6-12(19)7-9-13/h2-9H,10-11H2,1H3,(H,20,22,23). The summed E-state index contributed by atoms with van der Waals surface area (Å²) >= 11 is 1.52.